The molecule has 124 valence electrons. The van der Waals surface area contributed by atoms with Crippen LogP contribution in [0.3, 0.4) is 0 Å². The van der Waals surface area contributed by atoms with E-state index in [2.05, 4.69) is 14.7 Å². The van der Waals surface area contributed by atoms with Crippen molar-refractivity contribution in [2.45, 2.75) is 26.1 Å². The van der Waals surface area contributed by atoms with Crippen LogP contribution in [0.2, 0.25) is 0 Å². The Bertz CT molecular complexity index is 725. The van der Waals surface area contributed by atoms with Crippen LogP contribution in [0.4, 0.5) is 13.2 Å². The Morgan fingerprint density at radius 2 is 2.17 bits per heavy atom. The van der Waals surface area contributed by atoms with Gasteiger partial charge in [-0.25, -0.2) is 0 Å². The lowest BCUT2D eigenvalue weighted by atomic mass is 10.3. The van der Waals surface area contributed by atoms with Crippen LogP contribution in [0.5, 0.6) is 0 Å². The fourth-order valence-electron chi connectivity index (χ4n) is 2.28. The second-order valence-electron chi connectivity index (χ2n) is 5.70. The summed E-state index contributed by atoms with van der Waals surface area (Å²) in [7, 11) is 1.73. The van der Waals surface area contributed by atoms with Crippen LogP contribution in [0.25, 0.3) is 10.7 Å². The first kappa shape index (κ1) is 16.0. The zero-order valence-corrected chi connectivity index (χ0v) is 13.2. The molecule has 0 aromatic carbocycles. The second kappa shape index (κ2) is 5.63. The monoisotopic (exact) mass is 345 g/mol. The van der Waals surface area contributed by atoms with Crippen molar-refractivity contribution in [3.8, 4) is 10.7 Å². The minimum absolute atomic E-state index is 0.0987. The van der Waals surface area contributed by atoms with Crippen LogP contribution < -0.4 is 0 Å². The third-order valence-corrected chi connectivity index (χ3v) is 4.81. The van der Waals surface area contributed by atoms with Gasteiger partial charge in [0.15, 0.2) is 0 Å². The van der Waals surface area contributed by atoms with Gasteiger partial charge in [-0.3, -0.25) is 4.79 Å². The number of thiophene rings is 1. The number of hydrogen-bond donors (Lipinski definition) is 0. The summed E-state index contributed by atoms with van der Waals surface area (Å²) >= 11 is 1.24. The van der Waals surface area contributed by atoms with Gasteiger partial charge in [0.25, 0.3) is 0 Å². The summed E-state index contributed by atoms with van der Waals surface area (Å²) in [4.78, 5) is 18.4. The van der Waals surface area contributed by atoms with E-state index < -0.39 is 12.1 Å². The first-order valence-corrected chi connectivity index (χ1v) is 7.82. The van der Waals surface area contributed by atoms with Crippen molar-refractivity contribution in [3.05, 3.63) is 22.9 Å². The maximum Gasteiger partial charge on any atom is 0.471 e. The largest absolute Gasteiger partial charge is 0.471 e. The van der Waals surface area contributed by atoms with Gasteiger partial charge in [-0.05, 0) is 24.5 Å². The predicted molar refractivity (Wildman–Crippen MR) is 76.4 cm³/mol. The normalized spacial score (nSPS) is 20.6. The lowest BCUT2D eigenvalue weighted by Gasteiger charge is -2.15. The summed E-state index contributed by atoms with van der Waals surface area (Å²) in [6, 6.07) is 3.38. The molecule has 0 radical (unpaired) electrons. The fourth-order valence-corrected chi connectivity index (χ4v) is 3.27. The van der Waals surface area contributed by atoms with E-state index in [4.69, 9.17) is 0 Å². The molecule has 5 nitrogen and oxygen atoms in total. The minimum Gasteiger partial charge on any atom is -0.340 e. The average Bonchev–Trinajstić information content (AvgIpc) is 2.92. The smallest absolute Gasteiger partial charge is 0.340 e. The Morgan fingerprint density at radius 1 is 1.48 bits per heavy atom. The quantitative estimate of drug-likeness (QED) is 0.852. The highest BCUT2D eigenvalue weighted by molar-refractivity contribution is 7.15. The van der Waals surface area contributed by atoms with Crippen LogP contribution >= 0.6 is 11.3 Å². The molecule has 0 saturated heterocycles. The summed E-state index contributed by atoms with van der Waals surface area (Å²) in [6.07, 6.45) is -3.74. The Kier molecular flexibility index (Phi) is 3.91. The lowest BCUT2D eigenvalue weighted by Crippen LogP contribution is -2.27. The summed E-state index contributed by atoms with van der Waals surface area (Å²) in [5, 5.41) is 3.35. The topological polar surface area (TPSA) is 59.2 Å². The van der Waals surface area contributed by atoms with Crippen molar-refractivity contribution < 1.29 is 22.5 Å². The maximum absolute atomic E-state index is 12.5. The van der Waals surface area contributed by atoms with Crippen molar-refractivity contribution in [1.29, 1.82) is 0 Å². The van der Waals surface area contributed by atoms with Gasteiger partial charge in [0, 0.05) is 17.8 Å². The zero-order valence-electron chi connectivity index (χ0n) is 12.4. The number of carbonyl (C=O) groups excluding carboxylic acids is 1. The van der Waals surface area contributed by atoms with Gasteiger partial charge in [-0.1, -0.05) is 12.1 Å². The molecule has 2 aromatic rings. The first-order valence-electron chi connectivity index (χ1n) is 7.00. The molecule has 1 aliphatic rings. The molecule has 2 heterocycles. The average molecular weight is 345 g/mol. The number of amides is 1. The lowest BCUT2D eigenvalue weighted by molar-refractivity contribution is -0.159. The molecule has 1 amide bonds. The summed E-state index contributed by atoms with van der Waals surface area (Å²) < 4.78 is 41.6. The maximum atomic E-state index is 12.5. The van der Waals surface area contributed by atoms with Gasteiger partial charge in [0.05, 0.1) is 11.4 Å². The van der Waals surface area contributed by atoms with Crippen LogP contribution in [0, 0.1) is 11.8 Å². The van der Waals surface area contributed by atoms with E-state index in [1.165, 1.54) is 11.3 Å². The van der Waals surface area contributed by atoms with E-state index in [0.29, 0.717) is 17.3 Å². The highest BCUT2D eigenvalue weighted by atomic mass is 32.1. The molecule has 0 N–H and O–H groups in total. The zero-order chi connectivity index (χ0) is 16.8. The summed E-state index contributed by atoms with van der Waals surface area (Å²) in [6.45, 7) is 2.45. The molecule has 3 rings (SSSR count). The SMILES string of the molecule is CC1CC1C(=O)N(C)Cc1ccc(-c2noc(C(F)(F)F)n2)s1. The van der Waals surface area contributed by atoms with Crippen LogP contribution in [0.1, 0.15) is 24.1 Å². The van der Waals surface area contributed by atoms with Crippen LogP contribution in [0.15, 0.2) is 16.7 Å². The molecule has 2 aromatic heterocycles. The third-order valence-electron chi connectivity index (χ3n) is 3.75. The third kappa shape index (κ3) is 3.39. The van der Waals surface area contributed by atoms with Crippen molar-refractivity contribution in [2.24, 2.45) is 11.8 Å². The van der Waals surface area contributed by atoms with Gasteiger partial charge in [-0.2, -0.15) is 18.2 Å². The Morgan fingerprint density at radius 3 is 2.74 bits per heavy atom. The molecule has 1 fully saturated rings. The molecule has 2 atom stereocenters. The molecule has 9 heteroatoms. The number of hydrogen-bond acceptors (Lipinski definition) is 5. The van der Waals surface area contributed by atoms with Crippen molar-refractivity contribution in [2.75, 3.05) is 7.05 Å². The van der Waals surface area contributed by atoms with E-state index in [-0.39, 0.29) is 17.6 Å². The Hall–Kier alpha value is -1.90. The van der Waals surface area contributed by atoms with E-state index in [0.717, 1.165) is 11.3 Å². The molecule has 0 spiro atoms. The number of aromatic nitrogens is 2. The standard InChI is InChI=1S/C14H14F3N3O2S/c1-7-5-9(7)12(21)20(2)6-8-3-4-10(23-8)11-18-13(22-19-11)14(15,16)17/h3-4,7,9H,5-6H2,1-2H3. The van der Waals surface area contributed by atoms with Crippen molar-refractivity contribution >= 4 is 17.2 Å². The van der Waals surface area contributed by atoms with E-state index in [1.54, 1.807) is 24.1 Å². The summed E-state index contributed by atoms with van der Waals surface area (Å²) in [5.41, 5.74) is 0. The molecular formula is C14H14F3N3O2S. The van der Waals surface area contributed by atoms with Gasteiger partial charge in [-0.15, -0.1) is 11.3 Å². The number of rotatable bonds is 4. The highest BCUT2D eigenvalue weighted by Crippen LogP contribution is 2.39. The Labute approximate surface area is 134 Å². The number of nitrogens with zero attached hydrogens (tertiary/aromatic N) is 3. The fraction of sp³-hybridized carbons (Fsp3) is 0.500. The molecule has 23 heavy (non-hydrogen) atoms. The number of halogens is 3. The minimum atomic E-state index is -4.65. The van der Waals surface area contributed by atoms with Gasteiger partial charge in [0.2, 0.25) is 11.7 Å². The summed E-state index contributed by atoms with van der Waals surface area (Å²) in [5.74, 6) is -0.822. The second-order valence-corrected chi connectivity index (χ2v) is 6.87. The molecular weight excluding hydrogens is 331 g/mol. The van der Waals surface area contributed by atoms with Gasteiger partial charge >= 0.3 is 12.1 Å². The van der Waals surface area contributed by atoms with Gasteiger partial charge in [0.1, 0.15) is 0 Å². The van der Waals surface area contributed by atoms with Crippen molar-refractivity contribution in [1.82, 2.24) is 15.0 Å². The van der Waals surface area contributed by atoms with Crippen LogP contribution in [-0.4, -0.2) is 28.0 Å². The number of alkyl halides is 3. The van der Waals surface area contributed by atoms with E-state index >= 15 is 0 Å². The van der Waals surface area contributed by atoms with Crippen molar-refractivity contribution in [3.63, 3.8) is 0 Å². The predicted octanol–water partition coefficient (Wildman–Crippen LogP) is 3.43. The van der Waals surface area contributed by atoms with Crippen LogP contribution in [-0.2, 0) is 17.5 Å². The number of carbonyl (C=O) groups is 1. The molecule has 1 aliphatic carbocycles. The first-order chi connectivity index (χ1) is 10.8. The highest BCUT2D eigenvalue weighted by Gasteiger charge is 2.41. The van der Waals surface area contributed by atoms with Gasteiger partial charge < -0.3 is 9.42 Å². The van der Waals surface area contributed by atoms with E-state index in [9.17, 15) is 18.0 Å². The molecule has 2 unspecified atom stereocenters. The molecule has 0 aliphatic heterocycles. The van der Waals surface area contributed by atoms with E-state index in [1.807, 2.05) is 6.92 Å². The Balaban J connectivity index is 1.68. The molecule has 0 bridgehead atoms. The molecule has 1 saturated carbocycles.